The predicted molar refractivity (Wildman–Crippen MR) is 61.9 cm³/mol. The molecule has 0 saturated carbocycles. The number of fused-ring (bicyclic) bond motifs is 1. The van der Waals surface area contributed by atoms with Crippen molar-refractivity contribution in [3.05, 3.63) is 11.9 Å². The monoisotopic (exact) mass is 220 g/mol. The summed E-state index contributed by atoms with van der Waals surface area (Å²) in [7, 11) is 2.03. The van der Waals surface area contributed by atoms with Gasteiger partial charge in [0.1, 0.15) is 18.6 Å². The highest BCUT2D eigenvalue weighted by Crippen LogP contribution is 2.26. The highest BCUT2D eigenvalue weighted by atomic mass is 16.5. The van der Waals surface area contributed by atoms with E-state index in [9.17, 15) is 0 Å². The Balaban J connectivity index is 1.88. The van der Waals surface area contributed by atoms with Crippen molar-refractivity contribution in [1.82, 2.24) is 9.78 Å². The van der Waals surface area contributed by atoms with Crippen molar-refractivity contribution in [3.8, 4) is 0 Å². The van der Waals surface area contributed by atoms with Crippen LogP contribution in [0.2, 0.25) is 0 Å². The zero-order valence-electron chi connectivity index (χ0n) is 9.46. The molecule has 86 valence electrons. The highest BCUT2D eigenvalue weighted by Gasteiger charge is 2.21. The van der Waals surface area contributed by atoms with Crippen LogP contribution in [0.4, 0.5) is 5.69 Å². The van der Waals surface area contributed by atoms with Crippen LogP contribution in [0.25, 0.3) is 0 Å². The van der Waals surface area contributed by atoms with Crippen molar-refractivity contribution in [2.45, 2.75) is 25.5 Å². The molecule has 3 rings (SSSR count). The molecule has 0 aromatic carbocycles. The van der Waals surface area contributed by atoms with Gasteiger partial charge in [0.25, 0.3) is 0 Å². The molecule has 1 unspecified atom stereocenters. The molecule has 1 atom stereocenters. The fraction of sp³-hybridized carbons (Fsp3) is 0.636. The Morgan fingerprint density at radius 3 is 3.12 bits per heavy atom. The van der Waals surface area contributed by atoms with Gasteiger partial charge in [-0.1, -0.05) is 0 Å². The molecular weight excluding hydrogens is 204 g/mol. The number of aliphatic imine (C=N–C) groups is 1. The summed E-state index contributed by atoms with van der Waals surface area (Å²) in [5.74, 6) is 0. The van der Waals surface area contributed by atoms with Crippen molar-refractivity contribution in [2.75, 3.05) is 25.2 Å². The second-order valence-electron chi connectivity index (χ2n) is 4.35. The summed E-state index contributed by atoms with van der Waals surface area (Å²) < 4.78 is 7.66. The van der Waals surface area contributed by atoms with Crippen LogP contribution < -0.4 is 4.90 Å². The van der Waals surface area contributed by atoms with E-state index in [2.05, 4.69) is 21.2 Å². The summed E-state index contributed by atoms with van der Waals surface area (Å²) >= 11 is 0. The van der Waals surface area contributed by atoms with E-state index in [-0.39, 0.29) is 6.23 Å². The summed E-state index contributed by atoms with van der Waals surface area (Å²) in [6.45, 7) is 1.56. The molecule has 0 bridgehead atoms. The Hall–Kier alpha value is -1.36. The summed E-state index contributed by atoms with van der Waals surface area (Å²) in [5, 5.41) is 4.53. The van der Waals surface area contributed by atoms with Crippen molar-refractivity contribution >= 4 is 11.9 Å². The minimum Gasteiger partial charge on any atom is -0.357 e. The van der Waals surface area contributed by atoms with Gasteiger partial charge in [0.05, 0.1) is 18.1 Å². The lowest BCUT2D eigenvalue weighted by molar-refractivity contribution is -0.0394. The summed E-state index contributed by atoms with van der Waals surface area (Å²) in [4.78, 5) is 6.34. The average molecular weight is 220 g/mol. The van der Waals surface area contributed by atoms with E-state index < -0.39 is 0 Å². The van der Waals surface area contributed by atoms with E-state index in [0.717, 1.165) is 24.4 Å². The topological polar surface area (TPSA) is 42.7 Å². The van der Waals surface area contributed by atoms with Crippen LogP contribution >= 0.6 is 0 Å². The Kier molecular flexibility index (Phi) is 2.40. The number of rotatable bonds is 1. The van der Waals surface area contributed by atoms with Crippen molar-refractivity contribution in [3.63, 3.8) is 0 Å². The molecule has 1 aromatic heterocycles. The fourth-order valence-electron chi connectivity index (χ4n) is 2.19. The molecule has 0 radical (unpaired) electrons. The molecule has 2 aliphatic heterocycles. The van der Waals surface area contributed by atoms with Gasteiger partial charge in [-0.15, -0.1) is 0 Å². The molecular formula is C11H16N4O. The summed E-state index contributed by atoms with van der Waals surface area (Å²) in [6.07, 6.45) is 7.46. The fourth-order valence-corrected chi connectivity index (χ4v) is 2.19. The third-order valence-electron chi connectivity index (χ3n) is 3.11. The van der Waals surface area contributed by atoms with E-state index in [1.807, 2.05) is 17.9 Å². The molecule has 0 N–H and O–H groups in total. The van der Waals surface area contributed by atoms with Crippen LogP contribution in [0.15, 0.2) is 11.2 Å². The molecule has 3 heterocycles. The molecule has 1 aromatic rings. The van der Waals surface area contributed by atoms with Crippen molar-refractivity contribution in [1.29, 1.82) is 0 Å². The van der Waals surface area contributed by atoms with Gasteiger partial charge < -0.3 is 9.64 Å². The summed E-state index contributed by atoms with van der Waals surface area (Å²) in [5.41, 5.74) is 2.09. The number of nitrogens with zero attached hydrogens (tertiary/aromatic N) is 4. The zero-order valence-corrected chi connectivity index (χ0v) is 9.46. The standard InChI is InChI=1S/C11H16N4O/c1-14-8-12-6-9-10(14)7-15(13-9)11-4-2-3-5-16-11/h6-7,11H,2-5,8H2,1H3. The van der Waals surface area contributed by atoms with Crippen LogP contribution in [-0.2, 0) is 4.74 Å². The maximum absolute atomic E-state index is 5.71. The number of ether oxygens (including phenoxy) is 1. The SMILES string of the molecule is CN1CN=Cc2nn(C3CCCCO3)cc21. The second kappa shape index (κ2) is 3.90. The minimum absolute atomic E-state index is 0.112. The van der Waals surface area contributed by atoms with E-state index in [1.165, 1.54) is 12.8 Å². The average Bonchev–Trinajstić information content (AvgIpc) is 2.76. The smallest absolute Gasteiger partial charge is 0.150 e. The van der Waals surface area contributed by atoms with Gasteiger partial charge in [0.15, 0.2) is 0 Å². The molecule has 5 nitrogen and oxygen atoms in total. The van der Waals surface area contributed by atoms with Gasteiger partial charge in [0, 0.05) is 13.7 Å². The minimum atomic E-state index is 0.112. The van der Waals surface area contributed by atoms with Crippen LogP contribution in [0.5, 0.6) is 0 Å². The molecule has 2 aliphatic rings. The van der Waals surface area contributed by atoms with Gasteiger partial charge in [-0.2, -0.15) is 5.10 Å². The second-order valence-corrected chi connectivity index (χ2v) is 4.35. The molecule has 5 heteroatoms. The van der Waals surface area contributed by atoms with Crippen LogP contribution in [0.1, 0.15) is 31.2 Å². The van der Waals surface area contributed by atoms with Gasteiger partial charge in [0.2, 0.25) is 0 Å². The van der Waals surface area contributed by atoms with Gasteiger partial charge in [-0.05, 0) is 19.3 Å². The van der Waals surface area contributed by atoms with Crippen molar-refractivity contribution < 1.29 is 4.74 Å². The quantitative estimate of drug-likeness (QED) is 0.718. The maximum atomic E-state index is 5.71. The van der Waals surface area contributed by atoms with Crippen LogP contribution in [0.3, 0.4) is 0 Å². The lowest BCUT2D eigenvalue weighted by Crippen LogP contribution is -2.20. The molecule has 1 saturated heterocycles. The van der Waals surface area contributed by atoms with Crippen molar-refractivity contribution in [2.24, 2.45) is 4.99 Å². The Labute approximate surface area is 94.7 Å². The van der Waals surface area contributed by atoms with E-state index in [0.29, 0.717) is 6.67 Å². The third-order valence-corrected chi connectivity index (χ3v) is 3.11. The molecule has 0 spiro atoms. The Morgan fingerprint density at radius 1 is 1.44 bits per heavy atom. The lowest BCUT2D eigenvalue weighted by atomic mass is 10.2. The first-order chi connectivity index (χ1) is 7.84. The van der Waals surface area contributed by atoms with Gasteiger partial charge >= 0.3 is 0 Å². The first-order valence-electron chi connectivity index (χ1n) is 5.76. The van der Waals surface area contributed by atoms with Crippen LogP contribution in [-0.4, -0.2) is 36.3 Å². The zero-order chi connectivity index (χ0) is 11.0. The largest absolute Gasteiger partial charge is 0.357 e. The van der Waals surface area contributed by atoms with Crippen LogP contribution in [0, 0.1) is 0 Å². The number of aromatic nitrogens is 2. The predicted octanol–water partition coefficient (Wildman–Crippen LogP) is 1.41. The Bertz CT molecular complexity index is 406. The Morgan fingerprint density at radius 2 is 2.38 bits per heavy atom. The van der Waals surface area contributed by atoms with E-state index in [4.69, 9.17) is 4.74 Å². The highest BCUT2D eigenvalue weighted by molar-refractivity contribution is 5.87. The molecule has 0 aliphatic carbocycles. The molecule has 16 heavy (non-hydrogen) atoms. The number of hydrogen-bond acceptors (Lipinski definition) is 4. The van der Waals surface area contributed by atoms with E-state index in [1.54, 1.807) is 0 Å². The first kappa shape index (κ1) is 9.84. The van der Waals surface area contributed by atoms with Gasteiger partial charge in [-0.25, -0.2) is 4.68 Å². The maximum Gasteiger partial charge on any atom is 0.150 e. The molecule has 0 amide bonds. The first-order valence-corrected chi connectivity index (χ1v) is 5.76. The number of hydrogen-bond donors (Lipinski definition) is 0. The summed E-state index contributed by atoms with van der Waals surface area (Å²) in [6, 6.07) is 0. The normalized spacial score (nSPS) is 24.6. The van der Waals surface area contributed by atoms with E-state index >= 15 is 0 Å². The third kappa shape index (κ3) is 1.61. The van der Waals surface area contributed by atoms with Gasteiger partial charge in [-0.3, -0.25) is 4.99 Å². The lowest BCUT2D eigenvalue weighted by Gasteiger charge is -2.22. The molecule has 1 fully saturated rings. The number of anilines is 1.